The fourth-order valence-electron chi connectivity index (χ4n) is 1.75. The van der Waals surface area contributed by atoms with E-state index >= 15 is 0 Å². The van der Waals surface area contributed by atoms with Crippen LogP contribution in [0.4, 0.5) is 8.78 Å². The molecule has 0 aliphatic rings. The van der Waals surface area contributed by atoms with Crippen molar-refractivity contribution < 1.29 is 8.78 Å². The summed E-state index contributed by atoms with van der Waals surface area (Å²) in [4.78, 5) is 0.939. The summed E-state index contributed by atoms with van der Waals surface area (Å²) in [6, 6.07) is 10.1. The standard InChI is InChI=1S/C14H13ClF2N2S/c15-9-2-1-3-11(6-9)20-8-14(19-18)12-7-10(16)4-5-13(12)17/h1-7,14,19H,8,18H2. The van der Waals surface area contributed by atoms with Gasteiger partial charge in [-0.2, -0.15) is 0 Å². The number of thioether (sulfide) groups is 1. The molecule has 0 amide bonds. The van der Waals surface area contributed by atoms with Crippen LogP contribution in [0.25, 0.3) is 0 Å². The van der Waals surface area contributed by atoms with Crippen LogP contribution in [-0.2, 0) is 0 Å². The molecule has 106 valence electrons. The Hall–Kier alpha value is -1.14. The summed E-state index contributed by atoms with van der Waals surface area (Å²) in [5.74, 6) is 4.92. The molecule has 2 nitrogen and oxygen atoms in total. The average Bonchev–Trinajstić information content (AvgIpc) is 2.43. The number of hydrogen-bond acceptors (Lipinski definition) is 3. The van der Waals surface area contributed by atoms with Gasteiger partial charge in [-0.1, -0.05) is 17.7 Å². The molecule has 0 radical (unpaired) electrons. The second-order valence-corrected chi connectivity index (χ2v) is 5.68. The highest BCUT2D eigenvalue weighted by Gasteiger charge is 2.15. The zero-order valence-corrected chi connectivity index (χ0v) is 12.0. The Balaban J connectivity index is 2.11. The molecule has 20 heavy (non-hydrogen) atoms. The molecule has 2 aromatic rings. The molecular weight excluding hydrogens is 302 g/mol. The van der Waals surface area contributed by atoms with Crippen LogP contribution in [0.15, 0.2) is 47.4 Å². The summed E-state index contributed by atoms with van der Waals surface area (Å²) in [7, 11) is 0. The molecule has 3 N–H and O–H groups in total. The molecule has 2 aromatic carbocycles. The SMILES string of the molecule is NNC(CSc1cccc(Cl)c1)c1cc(F)ccc1F. The molecular formula is C14H13ClF2N2S. The van der Waals surface area contributed by atoms with E-state index in [4.69, 9.17) is 17.4 Å². The normalized spacial score (nSPS) is 12.4. The maximum Gasteiger partial charge on any atom is 0.128 e. The molecule has 0 fully saturated rings. The maximum atomic E-state index is 13.7. The number of rotatable bonds is 5. The lowest BCUT2D eigenvalue weighted by molar-refractivity contribution is 0.534. The highest BCUT2D eigenvalue weighted by Crippen LogP contribution is 2.27. The average molecular weight is 315 g/mol. The predicted molar refractivity (Wildman–Crippen MR) is 78.6 cm³/mol. The van der Waals surface area contributed by atoms with Crippen molar-refractivity contribution in [2.24, 2.45) is 5.84 Å². The Morgan fingerprint density at radius 1 is 1.20 bits per heavy atom. The van der Waals surface area contributed by atoms with Gasteiger partial charge in [0.15, 0.2) is 0 Å². The van der Waals surface area contributed by atoms with Crippen LogP contribution >= 0.6 is 23.4 Å². The molecule has 1 atom stereocenters. The zero-order chi connectivity index (χ0) is 14.5. The Morgan fingerprint density at radius 2 is 2.00 bits per heavy atom. The Kier molecular flexibility index (Phi) is 5.37. The van der Waals surface area contributed by atoms with E-state index in [-0.39, 0.29) is 5.56 Å². The fourth-order valence-corrected chi connectivity index (χ4v) is 3.02. The molecule has 6 heteroatoms. The molecule has 0 heterocycles. The van der Waals surface area contributed by atoms with Crippen LogP contribution in [0.5, 0.6) is 0 Å². The van der Waals surface area contributed by atoms with Gasteiger partial charge >= 0.3 is 0 Å². The monoisotopic (exact) mass is 314 g/mol. The minimum atomic E-state index is -0.491. The van der Waals surface area contributed by atoms with Crippen molar-refractivity contribution >= 4 is 23.4 Å². The molecule has 0 aliphatic heterocycles. The highest BCUT2D eigenvalue weighted by atomic mass is 35.5. The Labute approximate surface area is 125 Å². The van der Waals surface area contributed by atoms with E-state index in [9.17, 15) is 8.78 Å². The van der Waals surface area contributed by atoms with E-state index in [1.54, 1.807) is 6.07 Å². The van der Waals surface area contributed by atoms with Crippen molar-refractivity contribution in [1.82, 2.24) is 5.43 Å². The Morgan fingerprint density at radius 3 is 2.70 bits per heavy atom. The lowest BCUT2D eigenvalue weighted by Crippen LogP contribution is -2.30. The smallest absolute Gasteiger partial charge is 0.128 e. The third kappa shape index (κ3) is 3.93. The van der Waals surface area contributed by atoms with Gasteiger partial charge in [0.25, 0.3) is 0 Å². The largest absolute Gasteiger partial charge is 0.271 e. The number of nitrogens with two attached hydrogens (primary N) is 1. The van der Waals surface area contributed by atoms with Crippen LogP contribution in [-0.4, -0.2) is 5.75 Å². The first kappa shape index (κ1) is 15.3. The topological polar surface area (TPSA) is 38.0 Å². The van der Waals surface area contributed by atoms with Crippen LogP contribution in [0.3, 0.4) is 0 Å². The van der Waals surface area contributed by atoms with Gasteiger partial charge in [-0.05, 0) is 36.4 Å². The van der Waals surface area contributed by atoms with Crippen molar-refractivity contribution in [3.8, 4) is 0 Å². The van der Waals surface area contributed by atoms with Crippen LogP contribution < -0.4 is 11.3 Å². The van der Waals surface area contributed by atoms with Gasteiger partial charge in [0.05, 0.1) is 6.04 Å². The highest BCUT2D eigenvalue weighted by molar-refractivity contribution is 7.99. The van der Waals surface area contributed by atoms with Gasteiger partial charge in [0, 0.05) is 21.2 Å². The van der Waals surface area contributed by atoms with Gasteiger partial charge in [-0.15, -0.1) is 11.8 Å². The summed E-state index contributed by atoms with van der Waals surface area (Å²) >= 11 is 7.35. The lowest BCUT2D eigenvalue weighted by Gasteiger charge is -2.16. The number of halogens is 3. The quantitative estimate of drug-likeness (QED) is 0.499. The molecule has 0 bridgehead atoms. The Bertz CT molecular complexity index is 595. The number of benzene rings is 2. The van der Waals surface area contributed by atoms with Crippen LogP contribution in [0.1, 0.15) is 11.6 Å². The summed E-state index contributed by atoms with van der Waals surface area (Å²) < 4.78 is 26.9. The summed E-state index contributed by atoms with van der Waals surface area (Å²) in [6.07, 6.45) is 0. The van der Waals surface area contributed by atoms with Gasteiger partial charge in [0.2, 0.25) is 0 Å². The molecule has 0 saturated carbocycles. The molecule has 1 unspecified atom stereocenters. The second-order valence-electron chi connectivity index (χ2n) is 4.15. The molecule has 0 spiro atoms. The van der Waals surface area contributed by atoms with Gasteiger partial charge in [-0.3, -0.25) is 11.3 Å². The number of hydrogen-bond donors (Lipinski definition) is 2. The first-order chi connectivity index (χ1) is 9.60. The third-order valence-corrected chi connectivity index (χ3v) is 4.07. The summed E-state index contributed by atoms with van der Waals surface area (Å²) in [5, 5.41) is 0.629. The van der Waals surface area contributed by atoms with Gasteiger partial charge in [0.1, 0.15) is 11.6 Å². The van der Waals surface area contributed by atoms with Crippen molar-refractivity contribution in [1.29, 1.82) is 0 Å². The van der Waals surface area contributed by atoms with Crippen LogP contribution in [0, 0.1) is 11.6 Å². The number of hydrazine groups is 1. The van der Waals surface area contributed by atoms with E-state index in [1.165, 1.54) is 11.8 Å². The molecule has 0 saturated heterocycles. The maximum absolute atomic E-state index is 13.7. The van der Waals surface area contributed by atoms with E-state index in [0.29, 0.717) is 10.8 Å². The summed E-state index contributed by atoms with van der Waals surface area (Å²) in [5.41, 5.74) is 2.72. The third-order valence-electron chi connectivity index (χ3n) is 2.75. The van der Waals surface area contributed by atoms with Gasteiger partial charge in [-0.25, -0.2) is 8.78 Å². The minimum Gasteiger partial charge on any atom is -0.271 e. The van der Waals surface area contributed by atoms with Crippen molar-refractivity contribution in [2.75, 3.05) is 5.75 Å². The van der Waals surface area contributed by atoms with Crippen molar-refractivity contribution in [3.05, 3.63) is 64.7 Å². The fraction of sp³-hybridized carbons (Fsp3) is 0.143. The first-order valence-corrected chi connectivity index (χ1v) is 7.26. The van der Waals surface area contributed by atoms with Crippen LogP contribution in [0.2, 0.25) is 5.02 Å². The number of nitrogens with one attached hydrogen (secondary N) is 1. The van der Waals surface area contributed by atoms with E-state index < -0.39 is 17.7 Å². The lowest BCUT2D eigenvalue weighted by atomic mass is 10.1. The van der Waals surface area contributed by atoms with E-state index in [0.717, 1.165) is 23.1 Å². The molecule has 0 aliphatic carbocycles. The zero-order valence-electron chi connectivity index (χ0n) is 10.4. The predicted octanol–water partition coefficient (Wildman–Crippen LogP) is 3.91. The molecule has 0 aromatic heterocycles. The van der Waals surface area contributed by atoms with Crippen molar-refractivity contribution in [2.45, 2.75) is 10.9 Å². The minimum absolute atomic E-state index is 0.210. The summed E-state index contributed by atoms with van der Waals surface area (Å²) in [6.45, 7) is 0. The van der Waals surface area contributed by atoms with Crippen molar-refractivity contribution in [3.63, 3.8) is 0 Å². The molecule has 2 rings (SSSR count). The van der Waals surface area contributed by atoms with E-state index in [2.05, 4.69) is 5.43 Å². The second kappa shape index (κ2) is 7.04. The van der Waals surface area contributed by atoms with Gasteiger partial charge < -0.3 is 0 Å². The first-order valence-electron chi connectivity index (χ1n) is 5.89. The van der Waals surface area contributed by atoms with E-state index in [1.807, 2.05) is 18.2 Å².